The van der Waals surface area contributed by atoms with E-state index in [0.717, 1.165) is 11.3 Å². The number of rotatable bonds is 2. The van der Waals surface area contributed by atoms with Crippen molar-refractivity contribution in [2.24, 2.45) is 0 Å². The quantitative estimate of drug-likeness (QED) is 0.692. The number of anilines is 1. The third-order valence-electron chi connectivity index (χ3n) is 2.66. The molecule has 1 aromatic rings. The van der Waals surface area contributed by atoms with Gasteiger partial charge in [-0.2, -0.15) is 0 Å². The van der Waals surface area contributed by atoms with E-state index in [4.69, 9.17) is 0 Å². The van der Waals surface area contributed by atoms with Crippen LogP contribution >= 0.6 is 0 Å². The fourth-order valence-electron chi connectivity index (χ4n) is 1.80. The summed E-state index contributed by atoms with van der Waals surface area (Å²) in [5.41, 5.74) is 7.39. The van der Waals surface area contributed by atoms with Crippen LogP contribution in [0, 0.1) is 0 Å². The third-order valence-corrected chi connectivity index (χ3v) is 2.66. The minimum absolute atomic E-state index is 0.0566. The molecule has 0 spiro atoms. The first-order valence-electron chi connectivity index (χ1n) is 5.00. The number of hydrogen-bond acceptors (Lipinski definition) is 3. The Kier molecular flexibility index (Phi) is 2.62. The first kappa shape index (κ1) is 10.6. The molecular formula is C11H13N3O2. The van der Waals surface area contributed by atoms with E-state index < -0.39 is 0 Å². The molecule has 1 aliphatic heterocycles. The molecule has 5 heteroatoms. The second-order valence-corrected chi connectivity index (χ2v) is 3.68. The molecule has 0 aromatic heterocycles. The Balaban J connectivity index is 2.32. The van der Waals surface area contributed by atoms with Crippen molar-refractivity contribution < 1.29 is 9.59 Å². The third kappa shape index (κ3) is 1.65. The Bertz CT molecular complexity index is 457. The molecule has 2 N–H and O–H groups in total. The van der Waals surface area contributed by atoms with E-state index in [1.54, 1.807) is 37.2 Å². The topological polar surface area (TPSA) is 61.4 Å². The summed E-state index contributed by atoms with van der Waals surface area (Å²) in [5, 5.41) is 0. The Labute approximate surface area is 93.4 Å². The first-order valence-corrected chi connectivity index (χ1v) is 5.00. The highest BCUT2D eigenvalue weighted by atomic mass is 16.2. The smallest absolute Gasteiger partial charge is 0.265 e. The van der Waals surface area contributed by atoms with E-state index in [-0.39, 0.29) is 11.8 Å². The lowest BCUT2D eigenvalue weighted by molar-refractivity contribution is -0.117. The predicted octanol–water partition coefficient (Wildman–Crippen LogP) is 0.0697. The van der Waals surface area contributed by atoms with Crippen LogP contribution in [-0.2, 0) is 11.2 Å². The average Bonchev–Trinajstić information content (AvgIpc) is 2.55. The second kappa shape index (κ2) is 3.94. The molecule has 16 heavy (non-hydrogen) atoms. The van der Waals surface area contributed by atoms with Crippen molar-refractivity contribution in [1.82, 2.24) is 10.9 Å². The van der Waals surface area contributed by atoms with Crippen LogP contribution in [-0.4, -0.2) is 25.9 Å². The van der Waals surface area contributed by atoms with Crippen LogP contribution in [0.1, 0.15) is 15.9 Å². The van der Waals surface area contributed by atoms with Crippen LogP contribution in [0.15, 0.2) is 18.2 Å². The standard InChI is InChI=1S/C11H13N3O2/c1-12-13-11(16)7-3-4-9-8(5-7)6-10(15)14(9)2/h3-5,12H,6H2,1-2H3,(H,13,16). The molecule has 0 fully saturated rings. The molecule has 0 unspecified atom stereocenters. The van der Waals surface area contributed by atoms with E-state index >= 15 is 0 Å². The largest absolute Gasteiger partial charge is 0.315 e. The number of carbonyl (C=O) groups is 2. The lowest BCUT2D eigenvalue weighted by Crippen LogP contribution is -2.34. The molecular weight excluding hydrogens is 206 g/mol. The van der Waals surface area contributed by atoms with Crippen molar-refractivity contribution in [2.45, 2.75) is 6.42 Å². The SMILES string of the molecule is CNNC(=O)c1ccc2c(c1)CC(=O)N2C. The van der Waals surface area contributed by atoms with Gasteiger partial charge in [-0.05, 0) is 23.8 Å². The van der Waals surface area contributed by atoms with Crippen LogP contribution in [0.3, 0.4) is 0 Å². The lowest BCUT2D eigenvalue weighted by atomic mass is 10.1. The van der Waals surface area contributed by atoms with Gasteiger partial charge in [0.1, 0.15) is 0 Å². The highest BCUT2D eigenvalue weighted by Crippen LogP contribution is 2.28. The summed E-state index contributed by atoms with van der Waals surface area (Å²) in [4.78, 5) is 24.6. The zero-order valence-electron chi connectivity index (χ0n) is 9.20. The van der Waals surface area contributed by atoms with Gasteiger partial charge in [0.2, 0.25) is 5.91 Å². The maximum absolute atomic E-state index is 11.5. The first-order chi connectivity index (χ1) is 7.63. The summed E-state index contributed by atoms with van der Waals surface area (Å²) in [6, 6.07) is 5.26. The van der Waals surface area contributed by atoms with Gasteiger partial charge >= 0.3 is 0 Å². The van der Waals surface area contributed by atoms with Crippen molar-refractivity contribution in [3.05, 3.63) is 29.3 Å². The van der Waals surface area contributed by atoms with Gasteiger partial charge in [-0.25, -0.2) is 5.43 Å². The maximum Gasteiger partial charge on any atom is 0.265 e. The minimum Gasteiger partial charge on any atom is -0.315 e. The number of benzene rings is 1. The fourth-order valence-corrected chi connectivity index (χ4v) is 1.80. The highest BCUT2D eigenvalue weighted by Gasteiger charge is 2.24. The normalized spacial score (nSPS) is 13.9. The van der Waals surface area contributed by atoms with Crippen molar-refractivity contribution in [3.8, 4) is 0 Å². The van der Waals surface area contributed by atoms with Crippen molar-refractivity contribution in [2.75, 3.05) is 19.0 Å². The summed E-state index contributed by atoms with van der Waals surface area (Å²) < 4.78 is 0. The number of hydrazine groups is 1. The molecule has 1 heterocycles. The van der Waals surface area contributed by atoms with Gasteiger partial charge in [-0.1, -0.05) is 0 Å². The molecule has 2 amide bonds. The zero-order valence-corrected chi connectivity index (χ0v) is 9.20. The second-order valence-electron chi connectivity index (χ2n) is 3.68. The molecule has 0 aliphatic carbocycles. The van der Waals surface area contributed by atoms with Gasteiger partial charge in [0, 0.05) is 25.3 Å². The molecule has 0 saturated heterocycles. The Morgan fingerprint density at radius 2 is 2.19 bits per heavy atom. The van der Waals surface area contributed by atoms with E-state index in [1.807, 2.05) is 0 Å². The molecule has 84 valence electrons. The Morgan fingerprint density at radius 3 is 2.88 bits per heavy atom. The summed E-state index contributed by atoms with van der Waals surface area (Å²) in [7, 11) is 3.37. The molecule has 0 atom stereocenters. The minimum atomic E-state index is -0.202. The molecule has 2 rings (SSSR count). The molecule has 0 saturated carbocycles. The van der Waals surface area contributed by atoms with Gasteiger partial charge in [0.15, 0.2) is 0 Å². The summed E-state index contributed by atoms with van der Waals surface area (Å²) in [6.45, 7) is 0. The van der Waals surface area contributed by atoms with Gasteiger partial charge < -0.3 is 4.90 Å². The number of hydrogen-bond donors (Lipinski definition) is 2. The maximum atomic E-state index is 11.5. The van der Waals surface area contributed by atoms with E-state index in [1.165, 1.54) is 0 Å². The monoisotopic (exact) mass is 219 g/mol. The average molecular weight is 219 g/mol. The Morgan fingerprint density at radius 1 is 1.44 bits per heavy atom. The summed E-state index contributed by atoms with van der Waals surface area (Å²) >= 11 is 0. The molecule has 1 aliphatic rings. The van der Waals surface area contributed by atoms with Crippen LogP contribution in [0.4, 0.5) is 5.69 Å². The number of carbonyl (C=O) groups excluding carboxylic acids is 2. The van der Waals surface area contributed by atoms with E-state index in [9.17, 15) is 9.59 Å². The van der Waals surface area contributed by atoms with Crippen LogP contribution < -0.4 is 15.8 Å². The van der Waals surface area contributed by atoms with Gasteiger partial charge in [-0.3, -0.25) is 15.0 Å². The van der Waals surface area contributed by atoms with Gasteiger partial charge in [-0.15, -0.1) is 0 Å². The number of likely N-dealkylation sites (N-methyl/N-ethyl adjacent to an activating group) is 1. The number of nitrogens with zero attached hydrogens (tertiary/aromatic N) is 1. The molecule has 0 bridgehead atoms. The Hall–Kier alpha value is -1.88. The highest BCUT2D eigenvalue weighted by molar-refractivity contribution is 6.02. The zero-order chi connectivity index (χ0) is 11.7. The van der Waals surface area contributed by atoms with Crippen molar-refractivity contribution in [1.29, 1.82) is 0 Å². The van der Waals surface area contributed by atoms with Gasteiger partial charge in [0.25, 0.3) is 5.91 Å². The summed E-state index contributed by atoms with van der Waals surface area (Å²) in [5.74, 6) is -0.145. The van der Waals surface area contributed by atoms with Crippen LogP contribution in [0.5, 0.6) is 0 Å². The predicted molar refractivity (Wildman–Crippen MR) is 60.1 cm³/mol. The van der Waals surface area contributed by atoms with Crippen molar-refractivity contribution >= 4 is 17.5 Å². The molecule has 0 radical (unpaired) electrons. The van der Waals surface area contributed by atoms with Crippen LogP contribution in [0.2, 0.25) is 0 Å². The lowest BCUT2D eigenvalue weighted by Gasteiger charge is -2.10. The van der Waals surface area contributed by atoms with Crippen LogP contribution in [0.25, 0.3) is 0 Å². The van der Waals surface area contributed by atoms with Gasteiger partial charge in [0.05, 0.1) is 6.42 Å². The summed E-state index contributed by atoms with van der Waals surface area (Å²) in [6.07, 6.45) is 0.368. The number of fused-ring (bicyclic) bond motifs is 1. The number of amides is 2. The van der Waals surface area contributed by atoms with E-state index in [2.05, 4.69) is 10.9 Å². The molecule has 1 aromatic carbocycles. The van der Waals surface area contributed by atoms with E-state index in [0.29, 0.717) is 12.0 Å². The fraction of sp³-hybridized carbons (Fsp3) is 0.273. The molecule has 5 nitrogen and oxygen atoms in total. The number of nitrogens with one attached hydrogen (secondary N) is 2. The van der Waals surface area contributed by atoms with Crippen molar-refractivity contribution in [3.63, 3.8) is 0 Å².